The lowest BCUT2D eigenvalue weighted by Gasteiger charge is -2.17. The number of nitrogens with one attached hydrogen (secondary N) is 1. The van der Waals surface area contributed by atoms with Crippen LogP contribution in [0.5, 0.6) is 5.75 Å². The van der Waals surface area contributed by atoms with Crippen molar-refractivity contribution in [2.75, 3.05) is 11.8 Å². The maximum Gasteiger partial charge on any atom is 0.338 e. The third-order valence-electron chi connectivity index (χ3n) is 2.27. The number of benzene rings is 2. The largest absolute Gasteiger partial charge is 0.429 e. The summed E-state index contributed by atoms with van der Waals surface area (Å²) in [6.45, 7) is 1.45. The first-order valence-corrected chi connectivity index (χ1v) is 7.96. The monoisotopic (exact) mass is 299 g/mol. The molecule has 0 aliphatic carbocycles. The van der Waals surface area contributed by atoms with E-state index in [-0.39, 0.29) is 5.82 Å². The summed E-state index contributed by atoms with van der Waals surface area (Å²) in [7, 11) is -3.08. The molecular weight excluding hydrogens is 288 g/mol. The van der Waals surface area contributed by atoms with Gasteiger partial charge in [-0.15, -0.1) is 0 Å². The van der Waals surface area contributed by atoms with Gasteiger partial charge in [-0.2, -0.15) is 0 Å². The summed E-state index contributed by atoms with van der Waals surface area (Å²) in [4.78, 5) is 0. The third-order valence-corrected chi connectivity index (χ3v) is 3.75. The molecule has 0 aliphatic heterocycles. The molecule has 3 nitrogen and oxygen atoms in total. The van der Waals surface area contributed by atoms with Crippen molar-refractivity contribution in [1.82, 2.24) is 0 Å². The van der Waals surface area contributed by atoms with Gasteiger partial charge in [0.15, 0.2) is 0 Å². The fourth-order valence-electron chi connectivity index (χ4n) is 1.48. The van der Waals surface area contributed by atoms with Crippen molar-refractivity contribution in [3.63, 3.8) is 0 Å². The molecule has 0 fully saturated rings. The van der Waals surface area contributed by atoms with Gasteiger partial charge in [0.25, 0.3) is 0 Å². The Morgan fingerprint density at radius 3 is 2.26 bits per heavy atom. The average Bonchev–Trinajstić information content (AvgIpc) is 2.34. The molecule has 19 heavy (non-hydrogen) atoms. The van der Waals surface area contributed by atoms with Crippen LogP contribution in [0.25, 0.3) is 0 Å². The second kappa shape index (κ2) is 5.64. The molecule has 0 aromatic heterocycles. The molecule has 1 N–H and O–H groups in total. The Hall–Kier alpha value is -1.51. The van der Waals surface area contributed by atoms with Gasteiger partial charge in [-0.05, 0) is 48.5 Å². The molecule has 0 saturated carbocycles. The standard InChI is InChI=1S/C13H12ClFNO2P/c1-19(17,16-12-6-4-11(15)5-7-12)18-13-8-2-10(14)3-9-13/h2-9H,1H3,(H,16,17). The summed E-state index contributed by atoms with van der Waals surface area (Å²) in [5.41, 5.74) is 0.529. The van der Waals surface area contributed by atoms with Gasteiger partial charge in [0.1, 0.15) is 11.6 Å². The average molecular weight is 300 g/mol. The maximum atomic E-state index is 12.8. The highest BCUT2D eigenvalue weighted by Gasteiger charge is 2.17. The zero-order valence-electron chi connectivity index (χ0n) is 10.1. The minimum atomic E-state index is -3.08. The zero-order valence-corrected chi connectivity index (χ0v) is 11.8. The second-order valence-corrected chi connectivity index (χ2v) is 6.54. The van der Waals surface area contributed by atoms with E-state index in [0.29, 0.717) is 16.5 Å². The van der Waals surface area contributed by atoms with Crippen LogP contribution in [0, 0.1) is 5.82 Å². The van der Waals surface area contributed by atoms with Crippen LogP contribution in [-0.4, -0.2) is 6.66 Å². The van der Waals surface area contributed by atoms with Crippen molar-refractivity contribution in [3.8, 4) is 5.75 Å². The highest BCUT2D eigenvalue weighted by Crippen LogP contribution is 2.43. The fourth-order valence-corrected chi connectivity index (χ4v) is 2.79. The number of anilines is 1. The van der Waals surface area contributed by atoms with Crippen LogP contribution >= 0.6 is 19.1 Å². The molecule has 0 aliphatic rings. The first-order chi connectivity index (χ1) is 8.94. The van der Waals surface area contributed by atoms with Crippen LogP contribution in [0.3, 0.4) is 0 Å². The topological polar surface area (TPSA) is 38.3 Å². The van der Waals surface area contributed by atoms with Crippen molar-refractivity contribution < 1.29 is 13.5 Å². The molecule has 0 radical (unpaired) electrons. The van der Waals surface area contributed by atoms with Crippen molar-refractivity contribution in [1.29, 1.82) is 0 Å². The molecule has 100 valence electrons. The van der Waals surface area contributed by atoms with Crippen LogP contribution < -0.4 is 9.61 Å². The molecule has 0 amide bonds. The molecule has 2 rings (SSSR count). The molecule has 2 aromatic rings. The summed E-state index contributed by atoms with van der Waals surface area (Å²) < 4.78 is 30.4. The van der Waals surface area contributed by atoms with Gasteiger partial charge >= 0.3 is 7.52 Å². The fraction of sp³-hybridized carbons (Fsp3) is 0.0769. The van der Waals surface area contributed by atoms with Gasteiger partial charge in [-0.1, -0.05) is 11.6 Å². The van der Waals surface area contributed by atoms with Gasteiger partial charge in [-0.25, -0.2) is 4.39 Å². The molecule has 2 aromatic carbocycles. The van der Waals surface area contributed by atoms with Crippen LogP contribution in [0.4, 0.5) is 10.1 Å². The zero-order chi connectivity index (χ0) is 13.9. The van der Waals surface area contributed by atoms with Crippen molar-refractivity contribution in [3.05, 3.63) is 59.4 Å². The van der Waals surface area contributed by atoms with E-state index in [1.807, 2.05) is 0 Å². The summed E-state index contributed by atoms with van der Waals surface area (Å²) >= 11 is 5.75. The normalized spacial score (nSPS) is 13.6. The Labute approximate surface area is 115 Å². The van der Waals surface area contributed by atoms with E-state index < -0.39 is 7.52 Å². The molecule has 0 heterocycles. The van der Waals surface area contributed by atoms with Gasteiger partial charge in [0, 0.05) is 17.4 Å². The summed E-state index contributed by atoms with van der Waals surface area (Å²) in [6.07, 6.45) is 0. The lowest BCUT2D eigenvalue weighted by molar-refractivity contribution is 0.493. The number of halogens is 2. The third kappa shape index (κ3) is 4.27. The van der Waals surface area contributed by atoms with Gasteiger partial charge in [-0.3, -0.25) is 4.57 Å². The predicted molar refractivity (Wildman–Crippen MR) is 75.6 cm³/mol. The highest BCUT2D eigenvalue weighted by molar-refractivity contribution is 7.60. The number of hydrogen-bond donors (Lipinski definition) is 1. The molecule has 0 spiro atoms. The highest BCUT2D eigenvalue weighted by atomic mass is 35.5. The Morgan fingerprint density at radius 1 is 1.11 bits per heavy atom. The van der Waals surface area contributed by atoms with Crippen molar-refractivity contribution >= 4 is 24.8 Å². The molecule has 1 unspecified atom stereocenters. The molecule has 6 heteroatoms. The SMILES string of the molecule is CP(=O)(Nc1ccc(F)cc1)Oc1ccc(Cl)cc1. The van der Waals surface area contributed by atoms with E-state index in [2.05, 4.69) is 5.09 Å². The molecule has 0 saturated heterocycles. The number of hydrogen-bond acceptors (Lipinski definition) is 2. The van der Waals surface area contributed by atoms with Gasteiger partial charge in [0.2, 0.25) is 0 Å². The summed E-state index contributed by atoms with van der Waals surface area (Å²) in [5, 5.41) is 3.32. The lowest BCUT2D eigenvalue weighted by Crippen LogP contribution is -2.02. The summed E-state index contributed by atoms with van der Waals surface area (Å²) in [5.74, 6) is 0.0972. The van der Waals surface area contributed by atoms with E-state index in [4.69, 9.17) is 16.1 Å². The Balaban J connectivity index is 2.08. The minimum Gasteiger partial charge on any atom is -0.429 e. The molecule has 1 atom stereocenters. The molecule has 0 bridgehead atoms. The molecular formula is C13H12ClFNO2P. The first kappa shape index (κ1) is 13.9. The van der Waals surface area contributed by atoms with Gasteiger partial charge < -0.3 is 9.61 Å². The van der Waals surface area contributed by atoms with Gasteiger partial charge in [0.05, 0.1) is 0 Å². The van der Waals surface area contributed by atoms with Crippen LogP contribution in [-0.2, 0) is 4.57 Å². The smallest absolute Gasteiger partial charge is 0.338 e. The second-order valence-electron chi connectivity index (χ2n) is 4.01. The van der Waals surface area contributed by atoms with Crippen LogP contribution in [0.15, 0.2) is 48.5 Å². The van der Waals surface area contributed by atoms with Crippen LogP contribution in [0.2, 0.25) is 5.02 Å². The Morgan fingerprint density at radius 2 is 1.68 bits per heavy atom. The predicted octanol–water partition coefficient (Wildman–Crippen LogP) is 4.79. The Bertz CT molecular complexity index is 550. The first-order valence-electron chi connectivity index (χ1n) is 5.51. The quantitative estimate of drug-likeness (QED) is 0.825. The van der Waals surface area contributed by atoms with E-state index in [1.54, 1.807) is 24.3 Å². The maximum absolute atomic E-state index is 12.8. The van der Waals surface area contributed by atoms with Crippen LogP contribution in [0.1, 0.15) is 0 Å². The van der Waals surface area contributed by atoms with E-state index >= 15 is 0 Å². The van der Waals surface area contributed by atoms with E-state index in [1.165, 1.54) is 30.9 Å². The van der Waals surface area contributed by atoms with E-state index in [0.717, 1.165) is 0 Å². The van der Waals surface area contributed by atoms with Crippen molar-refractivity contribution in [2.24, 2.45) is 0 Å². The number of rotatable bonds is 4. The lowest BCUT2D eigenvalue weighted by atomic mass is 10.3. The summed E-state index contributed by atoms with van der Waals surface area (Å²) in [6, 6.07) is 12.1. The van der Waals surface area contributed by atoms with E-state index in [9.17, 15) is 8.96 Å². The van der Waals surface area contributed by atoms with Crippen molar-refractivity contribution in [2.45, 2.75) is 0 Å². The minimum absolute atomic E-state index is 0.352. The Kier molecular flexibility index (Phi) is 4.13.